The molecule has 4 nitrogen and oxygen atoms in total. The summed E-state index contributed by atoms with van der Waals surface area (Å²) in [6.07, 6.45) is 1.65. The summed E-state index contributed by atoms with van der Waals surface area (Å²) < 4.78 is 0. The van der Waals surface area contributed by atoms with Crippen LogP contribution in [-0.2, 0) is 9.59 Å². The molecule has 3 atom stereocenters. The number of amides is 1. The average molecular weight is 277 g/mol. The number of nitrogens with one attached hydrogen (secondary N) is 1. The summed E-state index contributed by atoms with van der Waals surface area (Å²) >= 11 is 0. The topological polar surface area (TPSA) is 66.4 Å². The van der Waals surface area contributed by atoms with Gasteiger partial charge in [-0.15, -0.1) is 0 Å². The maximum atomic E-state index is 12.4. The Hall–Kier alpha value is -1.84. The molecule has 110 valence electrons. The molecule has 0 saturated heterocycles. The van der Waals surface area contributed by atoms with Crippen molar-refractivity contribution in [2.75, 3.05) is 0 Å². The highest BCUT2D eigenvalue weighted by atomic mass is 16.4. The van der Waals surface area contributed by atoms with Gasteiger partial charge in [0.1, 0.15) is 0 Å². The quantitative estimate of drug-likeness (QED) is 0.805. The van der Waals surface area contributed by atoms with Crippen molar-refractivity contribution in [1.82, 2.24) is 5.32 Å². The number of carbonyl (C=O) groups excluding carboxylic acids is 1. The molecule has 1 rings (SSSR count). The maximum Gasteiger partial charge on any atom is 0.308 e. The molecule has 0 aromatic heterocycles. The van der Waals surface area contributed by atoms with E-state index in [9.17, 15) is 9.59 Å². The van der Waals surface area contributed by atoms with Gasteiger partial charge in [-0.1, -0.05) is 43.7 Å². The Morgan fingerprint density at radius 3 is 2.30 bits per heavy atom. The zero-order chi connectivity index (χ0) is 15.1. The Balaban J connectivity index is 2.78. The first-order valence-electron chi connectivity index (χ1n) is 7.05. The fourth-order valence-electron chi connectivity index (χ4n) is 2.09. The molecule has 0 fully saturated rings. The van der Waals surface area contributed by atoms with Crippen LogP contribution in [0.3, 0.4) is 0 Å². The summed E-state index contributed by atoms with van der Waals surface area (Å²) in [5, 5.41) is 11.8. The van der Waals surface area contributed by atoms with Gasteiger partial charge in [0.05, 0.1) is 11.8 Å². The smallest absolute Gasteiger partial charge is 0.308 e. The van der Waals surface area contributed by atoms with E-state index in [0.29, 0.717) is 0 Å². The second-order valence-electron chi connectivity index (χ2n) is 5.18. The van der Waals surface area contributed by atoms with E-state index in [1.807, 2.05) is 37.3 Å². The first kappa shape index (κ1) is 16.2. The molecule has 3 unspecified atom stereocenters. The fourth-order valence-corrected chi connectivity index (χ4v) is 2.09. The minimum atomic E-state index is -0.899. The molecular formula is C16H23NO3. The Kier molecular flexibility index (Phi) is 6.22. The van der Waals surface area contributed by atoms with Crippen molar-refractivity contribution < 1.29 is 14.7 Å². The summed E-state index contributed by atoms with van der Waals surface area (Å²) in [5.74, 6) is -1.81. The highest BCUT2D eigenvalue weighted by molar-refractivity contribution is 5.84. The van der Waals surface area contributed by atoms with E-state index in [-0.39, 0.29) is 17.9 Å². The van der Waals surface area contributed by atoms with Crippen molar-refractivity contribution in [1.29, 1.82) is 0 Å². The van der Waals surface area contributed by atoms with Crippen LogP contribution < -0.4 is 5.32 Å². The van der Waals surface area contributed by atoms with E-state index in [2.05, 4.69) is 5.32 Å². The molecular weight excluding hydrogens is 254 g/mol. The molecule has 0 bridgehead atoms. The van der Waals surface area contributed by atoms with E-state index in [1.165, 1.54) is 0 Å². The minimum absolute atomic E-state index is 0.0985. The Morgan fingerprint density at radius 1 is 1.20 bits per heavy atom. The van der Waals surface area contributed by atoms with Crippen LogP contribution in [0.5, 0.6) is 0 Å². The normalized spacial score (nSPS) is 15.2. The lowest BCUT2D eigenvalue weighted by Crippen LogP contribution is -2.42. The van der Waals surface area contributed by atoms with Crippen LogP contribution in [0.2, 0.25) is 0 Å². The number of carbonyl (C=O) groups is 2. The molecule has 1 aromatic carbocycles. The van der Waals surface area contributed by atoms with Gasteiger partial charge in [0, 0.05) is 6.04 Å². The number of carboxylic acid groups (broad SMARTS) is 1. The average Bonchev–Trinajstić information content (AvgIpc) is 2.44. The SMILES string of the molecule is CCCC(C(=O)NC(C)C(C)C(=O)O)c1ccccc1. The molecule has 0 aliphatic rings. The summed E-state index contributed by atoms with van der Waals surface area (Å²) in [7, 11) is 0. The maximum absolute atomic E-state index is 12.4. The highest BCUT2D eigenvalue weighted by Gasteiger charge is 2.25. The van der Waals surface area contributed by atoms with Crippen LogP contribution in [0.1, 0.15) is 45.1 Å². The molecule has 20 heavy (non-hydrogen) atoms. The van der Waals surface area contributed by atoms with Gasteiger partial charge in [0.25, 0.3) is 0 Å². The molecule has 0 radical (unpaired) electrons. The molecule has 0 spiro atoms. The van der Waals surface area contributed by atoms with Crippen molar-refractivity contribution in [2.45, 2.75) is 45.6 Å². The van der Waals surface area contributed by atoms with Gasteiger partial charge >= 0.3 is 5.97 Å². The zero-order valence-corrected chi connectivity index (χ0v) is 12.3. The summed E-state index contributed by atoms with van der Waals surface area (Å²) in [5.41, 5.74) is 0.974. The second-order valence-corrected chi connectivity index (χ2v) is 5.18. The van der Waals surface area contributed by atoms with Crippen molar-refractivity contribution in [2.24, 2.45) is 5.92 Å². The van der Waals surface area contributed by atoms with E-state index < -0.39 is 11.9 Å². The molecule has 0 aliphatic heterocycles. The zero-order valence-electron chi connectivity index (χ0n) is 12.3. The molecule has 2 N–H and O–H groups in total. The van der Waals surface area contributed by atoms with Crippen LogP contribution in [0, 0.1) is 5.92 Å². The number of hydrogen-bond acceptors (Lipinski definition) is 2. The third-order valence-electron chi connectivity index (χ3n) is 3.61. The van der Waals surface area contributed by atoms with Gasteiger partial charge in [-0.05, 0) is 25.8 Å². The van der Waals surface area contributed by atoms with Gasteiger partial charge in [0.15, 0.2) is 0 Å². The van der Waals surface area contributed by atoms with Crippen LogP contribution in [0.15, 0.2) is 30.3 Å². The summed E-state index contributed by atoms with van der Waals surface area (Å²) in [4.78, 5) is 23.3. The van der Waals surface area contributed by atoms with Crippen molar-refractivity contribution in [3.05, 3.63) is 35.9 Å². The van der Waals surface area contributed by atoms with Crippen molar-refractivity contribution in [3.63, 3.8) is 0 Å². The fraction of sp³-hybridized carbons (Fsp3) is 0.500. The lowest BCUT2D eigenvalue weighted by molar-refractivity contribution is -0.142. The predicted octanol–water partition coefficient (Wildman–Crippen LogP) is 2.80. The second kappa shape index (κ2) is 7.68. The molecule has 0 saturated carbocycles. The highest BCUT2D eigenvalue weighted by Crippen LogP contribution is 2.21. The van der Waals surface area contributed by atoms with Gasteiger partial charge in [0.2, 0.25) is 5.91 Å². The first-order chi connectivity index (χ1) is 9.47. The first-order valence-corrected chi connectivity index (χ1v) is 7.05. The molecule has 1 aromatic rings. The number of carboxylic acids is 1. The van der Waals surface area contributed by atoms with Crippen LogP contribution in [-0.4, -0.2) is 23.0 Å². The standard InChI is InChI=1S/C16H23NO3/c1-4-8-14(13-9-6-5-7-10-13)15(18)17-12(3)11(2)16(19)20/h5-7,9-12,14H,4,8H2,1-3H3,(H,17,18)(H,19,20). The van der Waals surface area contributed by atoms with E-state index in [4.69, 9.17) is 5.11 Å². The largest absolute Gasteiger partial charge is 0.481 e. The number of benzene rings is 1. The Labute approximate surface area is 120 Å². The third-order valence-corrected chi connectivity index (χ3v) is 3.61. The molecule has 4 heteroatoms. The van der Waals surface area contributed by atoms with E-state index in [0.717, 1.165) is 18.4 Å². The molecule has 0 aliphatic carbocycles. The molecule has 0 heterocycles. The van der Waals surface area contributed by atoms with E-state index in [1.54, 1.807) is 13.8 Å². The van der Waals surface area contributed by atoms with Crippen LogP contribution >= 0.6 is 0 Å². The number of hydrogen-bond donors (Lipinski definition) is 2. The van der Waals surface area contributed by atoms with E-state index >= 15 is 0 Å². The number of aliphatic carboxylic acids is 1. The Bertz CT molecular complexity index is 444. The monoisotopic (exact) mass is 277 g/mol. The van der Waals surface area contributed by atoms with Crippen molar-refractivity contribution >= 4 is 11.9 Å². The number of rotatable bonds is 7. The van der Waals surface area contributed by atoms with Crippen LogP contribution in [0.25, 0.3) is 0 Å². The lowest BCUT2D eigenvalue weighted by atomic mass is 9.92. The van der Waals surface area contributed by atoms with Crippen LogP contribution in [0.4, 0.5) is 0 Å². The predicted molar refractivity (Wildman–Crippen MR) is 78.5 cm³/mol. The molecule has 1 amide bonds. The third kappa shape index (κ3) is 4.37. The van der Waals surface area contributed by atoms with Gasteiger partial charge in [-0.25, -0.2) is 0 Å². The Morgan fingerprint density at radius 2 is 1.80 bits per heavy atom. The van der Waals surface area contributed by atoms with Gasteiger partial charge in [-0.3, -0.25) is 9.59 Å². The summed E-state index contributed by atoms with van der Waals surface area (Å²) in [6, 6.07) is 9.22. The summed E-state index contributed by atoms with van der Waals surface area (Å²) in [6.45, 7) is 5.36. The lowest BCUT2D eigenvalue weighted by Gasteiger charge is -2.22. The minimum Gasteiger partial charge on any atom is -0.481 e. The van der Waals surface area contributed by atoms with Gasteiger partial charge < -0.3 is 10.4 Å². The van der Waals surface area contributed by atoms with Crippen molar-refractivity contribution in [3.8, 4) is 0 Å². The van der Waals surface area contributed by atoms with Gasteiger partial charge in [-0.2, -0.15) is 0 Å².